The van der Waals surface area contributed by atoms with Crippen LogP contribution in [0.3, 0.4) is 0 Å². The van der Waals surface area contributed by atoms with E-state index in [1.165, 1.54) is 11.1 Å². The maximum atomic E-state index is 3.28. The first-order valence-electron chi connectivity index (χ1n) is 3.11. The van der Waals surface area contributed by atoms with Gasteiger partial charge < -0.3 is 9.41 Å². The SMILES string of the molecule is CCC1=[C-]CC=C1C.[F-].[F-].[Zr+3]. The van der Waals surface area contributed by atoms with Gasteiger partial charge in [-0.25, -0.2) is 11.1 Å². The van der Waals surface area contributed by atoms with Crippen molar-refractivity contribution in [2.75, 3.05) is 0 Å². The second kappa shape index (κ2) is 8.32. The van der Waals surface area contributed by atoms with Crippen LogP contribution >= 0.6 is 0 Å². The van der Waals surface area contributed by atoms with Gasteiger partial charge in [-0.15, -0.1) is 13.3 Å². The largest absolute Gasteiger partial charge is 3.00 e. The van der Waals surface area contributed by atoms with Gasteiger partial charge in [-0.05, 0) is 0 Å². The molecule has 0 nitrogen and oxygen atoms in total. The van der Waals surface area contributed by atoms with E-state index in [0.717, 1.165) is 12.8 Å². The van der Waals surface area contributed by atoms with E-state index in [0.29, 0.717) is 0 Å². The molecule has 0 saturated heterocycles. The van der Waals surface area contributed by atoms with Crippen LogP contribution in [0.25, 0.3) is 0 Å². The maximum absolute atomic E-state index is 3.28. The molecule has 0 fully saturated rings. The van der Waals surface area contributed by atoms with E-state index in [9.17, 15) is 0 Å². The molecule has 0 N–H and O–H groups in total. The molecule has 0 aliphatic heterocycles. The number of hydrogen-bond donors (Lipinski definition) is 0. The zero-order valence-electron chi connectivity index (χ0n) is 6.75. The summed E-state index contributed by atoms with van der Waals surface area (Å²) in [5.74, 6) is 0. The monoisotopic (exact) mass is 235 g/mol. The van der Waals surface area contributed by atoms with Gasteiger partial charge in [0.15, 0.2) is 0 Å². The van der Waals surface area contributed by atoms with Gasteiger partial charge in [-0.3, -0.25) is 6.08 Å². The molecule has 0 aromatic heterocycles. The van der Waals surface area contributed by atoms with Gasteiger partial charge >= 0.3 is 26.2 Å². The first-order valence-corrected chi connectivity index (χ1v) is 3.11. The van der Waals surface area contributed by atoms with Crippen LogP contribution < -0.4 is 9.41 Å². The zero-order valence-corrected chi connectivity index (χ0v) is 9.21. The summed E-state index contributed by atoms with van der Waals surface area (Å²) in [6.07, 6.45) is 7.68. The van der Waals surface area contributed by atoms with Gasteiger partial charge in [0.05, 0.1) is 0 Å². The van der Waals surface area contributed by atoms with Crippen LogP contribution in [0.1, 0.15) is 26.7 Å². The summed E-state index contributed by atoms with van der Waals surface area (Å²) in [7, 11) is 0. The molecule has 0 unspecified atom stereocenters. The molecule has 1 rings (SSSR count). The van der Waals surface area contributed by atoms with Gasteiger partial charge in [0.25, 0.3) is 0 Å². The Morgan fingerprint density at radius 2 is 2.00 bits per heavy atom. The fourth-order valence-electron chi connectivity index (χ4n) is 0.994. The third-order valence-electron chi connectivity index (χ3n) is 1.55. The predicted octanol–water partition coefficient (Wildman–Crippen LogP) is -3.52. The Labute approximate surface area is 85.6 Å². The minimum atomic E-state index is 0. The second-order valence-electron chi connectivity index (χ2n) is 2.10. The predicted molar refractivity (Wildman–Crippen MR) is 35.4 cm³/mol. The molecular formula is C8H11F2Zr. The molecule has 0 saturated carbocycles. The average molecular weight is 236 g/mol. The number of allylic oxidation sites excluding steroid dienone is 4. The van der Waals surface area contributed by atoms with Crippen molar-refractivity contribution in [3.8, 4) is 0 Å². The van der Waals surface area contributed by atoms with Crippen molar-refractivity contribution in [1.82, 2.24) is 0 Å². The minimum Gasteiger partial charge on any atom is -1.00 e. The Balaban J connectivity index is -0.000000213. The molecular weight excluding hydrogens is 225 g/mol. The number of rotatable bonds is 1. The van der Waals surface area contributed by atoms with Crippen LogP contribution in [0, 0.1) is 6.08 Å². The van der Waals surface area contributed by atoms with Gasteiger partial charge in [0.1, 0.15) is 0 Å². The Bertz CT molecular complexity index is 150. The van der Waals surface area contributed by atoms with E-state index in [1.807, 2.05) is 0 Å². The maximum Gasteiger partial charge on any atom is 3.00 e. The van der Waals surface area contributed by atoms with Crippen LogP contribution in [-0.4, -0.2) is 0 Å². The van der Waals surface area contributed by atoms with Gasteiger partial charge in [-0.1, -0.05) is 13.3 Å². The van der Waals surface area contributed by atoms with E-state index in [2.05, 4.69) is 26.0 Å². The minimum absolute atomic E-state index is 0. The van der Waals surface area contributed by atoms with Crippen LogP contribution in [0.5, 0.6) is 0 Å². The first kappa shape index (κ1) is 17.3. The van der Waals surface area contributed by atoms with Crippen LogP contribution in [0.15, 0.2) is 17.2 Å². The molecule has 11 heavy (non-hydrogen) atoms. The third kappa shape index (κ3) is 4.63. The summed E-state index contributed by atoms with van der Waals surface area (Å²) in [5, 5.41) is 0. The summed E-state index contributed by atoms with van der Waals surface area (Å²) in [6, 6.07) is 0. The number of hydrogen-bond acceptors (Lipinski definition) is 0. The van der Waals surface area contributed by atoms with Crippen LogP contribution in [-0.2, 0) is 26.2 Å². The second-order valence-corrected chi connectivity index (χ2v) is 2.10. The third-order valence-corrected chi connectivity index (χ3v) is 1.55. The Kier molecular flexibility index (Phi) is 13.1. The molecule has 0 spiro atoms. The summed E-state index contributed by atoms with van der Waals surface area (Å²) >= 11 is 0. The molecule has 1 aliphatic rings. The quantitative estimate of drug-likeness (QED) is 0.414. The van der Waals surface area contributed by atoms with E-state index in [1.54, 1.807) is 0 Å². The fourth-order valence-corrected chi connectivity index (χ4v) is 0.994. The van der Waals surface area contributed by atoms with Gasteiger partial charge in [-0.2, -0.15) is 6.08 Å². The topological polar surface area (TPSA) is 0 Å². The fraction of sp³-hybridized carbons (Fsp3) is 0.500. The van der Waals surface area contributed by atoms with E-state index < -0.39 is 0 Å². The Hall–Kier alpha value is 0.223. The summed E-state index contributed by atoms with van der Waals surface area (Å²) in [5.41, 5.74) is 2.83. The van der Waals surface area contributed by atoms with Crippen molar-refractivity contribution in [2.45, 2.75) is 26.7 Å². The summed E-state index contributed by atoms with van der Waals surface area (Å²) < 4.78 is 0. The Morgan fingerprint density at radius 1 is 1.45 bits per heavy atom. The van der Waals surface area contributed by atoms with E-state index in [4.69, 9.17) is 0 Å². The van der Waals surface area contributed by atoms with E-state index >= 15 is 0 Å². The normalized spacial score (nSPS) is 13.3. The van der Waals surface area contributed by atoms with E-state index in [-0.39, 0.29) is 35.6 Å². The standard InChI is InChI=1S/C8H11.2FH.Zr/c1-3-8-6-4-5-7(8)2;;;/h5H,3-4H2,1-2H3;2*1H;/q-1;;;+3/p-2. The van der Waals surface area contributed by atoms with Crippen LogP contribution in [0.2, 0.25) is 0 Å². The smallest absolute Gasteiger partial charge is 1.00 e. The molecule has 0 heterocycles. The zero-order chi connectivity index (χ0) is 5.98. The average Bonchev–Trinajstić information content (AvgIpc) is 2.14. The van der Waals surface area contributed by atoms with Crippen molar-refractivity contribution in [1.29, 1.82) is 0 Å². The Morgan fingerprint density at radius 3 is 2.18 bits per heavy atom. The number of halogens is 2. The molecule has 1 aliphatic carbocycles. The summed E-state index contributed by atoms with van der Waals surface area (Å²) in [6.45, 7) is 4.32. The molecule has 3 heteroatoms. The summed E-state index contributed by atoms with van der Waals surface area (Å²) in [4.78, 5) is 0. The first-order chi connectivity index (χ1) is 3.84. The molecule has 0 aromatic carbocycles. The van der Waals surface area contributed by atoms with Crippen molar-refractivity contribution >= 4 is 0 Å². The molecule has 0 bridgehead atoms. The molecule has 0 aromatic rings. The molecule has 1 radical (unpaired) electrons. The van der Waals surface area contributed by atoms with Crippen LogP contribution in [0.4, 0.5) is 0 Å². The van der Waals surface area contributed by atoms with Crippen molar-refractivity contribution in [2.24, 2.45) is 0 Å². The van der Waals surface area contributed by atoms with Gasteiger partial charge in [0, 0.05) is 0 Å². The molecule has 0 atom stereocenters. The van der Waals surface area contributed by atoms with Crippen molar-refractivity contribution in [3.63, 3.8) is 0 Å². The van der Waals surface area contributed by atoms with Crippen molar-refractivity contribution < 1.29 is 35.6 Å². The van der Waals surface area contributed by atoms with Gasteiger partial charge in [0.2, 0.25) is 0 Å². The molecule has 61 valence electrons. The van der Waals surface area contributed by atoms with Crippen molar-refractivity contribution in [3.05, 3.63) is 23.3 Å². The molecule has 0 amide bonds.